The smallest absolute Gasteiger partial charge is 0.261 e. The van der Waals surface area contributed by atoms with Crippen LogP contribution in [0.2, 0.25) is 0 Å². The lowest BCUT2D eigenvalue weighted by molar-refractivity contribution is 0.0965. The fourth-order valence-electron chi connectivity index (χ4n) is 3.09. The number of anilines is 1. The van der Waals surface area contributed by atoms with E-state index in [1.54, 1.807) is 19.2 Å². The van der Waals surface area contributed by atoms with Crippen LogP contribution in [0.3, 0.4) is 0 Å². The van der Waals surface area contributed by atoms with Crippen molar-refractivity contribution in [3.05, 3.63) is 58.6 Å². The van der Waals surface area contributed by atoms with Crippen LogP contribution in [0, 0.1) is 0 Å². The van der Waals surface area contributed by atoms with Crippen molar-refractivity contribution in [3.8, 4) is 5.75 Å². The second-order valence-electron chi connectivity index (χ2n) is 6.55. The fraction of sp³-hybridized carbons (Fsp3) is 0.333. The minimum Gasteiger partial charge on any atom is -0.490 e. The van der Waals surface area contributed by atoms with E-state index < -0.39 is 0 Å². The standard InChI is InChI=1S/C21H24BrN3O3S/c1-27-13-14-28-19-8-7-16(22)15-18(19)20(26)23-21(29)25-11-9-24(10-12-25)17-5-3-2-4-6-17/h2-8,15H,9-14H2,1H3,(H,23,26,29). The van der Waals surface area contributed by atoms with Gasteiger partial charge < -0.3 is 19.3 Å². The summed E-state index contributed by atoms with van der Waals surface area (Å²) in [6, 6.07) is 15.6. The van der Waals surface area contributed by atoms with E-state index in [1.807, 2.05) is 29.2 Å². The number of methoxy groups -OCH3 is 1. The maximum absolute atomic E-state index is 12.8. The Bertz CT molecular complexity index is 842. The predicted molar refractivity (Wildman–Crippen MR) is 122 cm³/mol. The first-order valence-corrected chi connectivity index (χ1v) is 10.6. The molecule has 2 aromatic rings. The summed E-state index contributed by atoms with van der Waals surface area (Å²) in [6.45, 7) is 4.02. The lowest BCUT2D eigenvalue weighted by Crippen LogP contribution is -2.52. The Morgan fingerprint density at radius 1 is 1.10 bits per heavy atom. The molecular formula is C21H24BrN3O3S. The SMILES string of the molecule is COCCOc1ccc(Br)cc1C(=O)NC(=S)N1CCN(c2ccccc2)CC1. The largest absolute Gasteiger partial charge is 0.490 e. The number of para-hydroxylation sites is 1. The zero-order chi connectivity index (χ0) is 20.6. The lowest BCUT2D eigenvalue weighted by Gasteiger charge is -2.37. The van der Waals surface area contributed by atoms with Gasteiger partial charge in [0.25, 0.3) is 5.91 Å². The number of hydrogen-bond donors (Lipinski definition) is 1. The van der Waals surface area contributed by atoms with Gasteiger partial charge in [-0.15, -0.1) is 0 Å². The average Bonchev–Trinajstić information content (AvgIpc) is 2.75. The van der Waals surface area contributed by atoms with Crippen molar-refractivity contribution in [1.82, 2.24) is 10.2 Å². The molecule has 1 N–H and O–H groups in total. The van der Waals surface area contributed by atoms with Crippen LogP contribution in [-0.4, -0.2) is 62.4 Å². The van der Waals surface area contributed by atoms with Crippen molar-refractivity contribution in [2.24, 2.45) is 0 Å². The summed E-state index contributed by atoms with van der Waals surface area (Å²) in [6.07, 6.45) is 0. The van der Waals surface area contributed by atoms with Crippen LogP contribution in [0.25, 0.3) is 0 Å². The fourth-order valence-corrected chi connectivity index (χ4v) is 3.73. The van der Waals surface area contributed by atoms with E-state index in [0.717, 1.165) is 30.7 Å². The third kappa shape index (κ3) is 5.91. The van der Waals surface area contributed by atoms with Crippen LogP contribution >= 0.6 is 28.1 Å². The predicted octanol–water partition coefficient (Wildman–Crippen LogP) is 3.31. The molecule has 0 atom stereocenters. The number of piperazine rings is 1. The molecule has 0 spiro atoms. The Kier molecular flexibility index (Phi) is 7.85. The topological polar surface area (TPSA) is 54.0 Å². The van der Waals surface area contributed by atoms with Crippen LogP contribution < -0.4 is 15.0 Å². The van der Waals surface area contributed by atoms with Crippen LogP contribution in [0.5, 0.6) is 5.75 Å². The molecule has 29 heavy (non-hydrogen) atoms. The molecule has 0 aliphatic carbocycles. The summed E-state index contributed by atoms with van der Waals surface area (Å²) in [5.74, 6) is 0.216. The lowest BCUT2D eigenvalue weighted by atomic mass is 10.2. The van der Waals surface area contributed by atoms with Crippen molar-refractivity contribution in [2.45, 2.75) is 0 Å². The number of nitrogens with zero attached hydrogens (tertiary/aromatic N) is 2. The molecule has 8 heteroatoms. The van der Waals surface area contributed by atoms with Gasteiger partial charge in [0.05, 0.1) is 12.2 Å². The molecule has 0 bridgehead atoms. The maximum Gasteiger partial charge on any atom is 0.261 e. The Morgan fingerprint density at radius 3 is 2.52 bits per heavy atom. The molecule has 1 amide bonds. The number of benzene rings is 2. The highest BCUT2D eigenvalue weighted by molar-refractivity contribution is 9.10. The third-order valence-corrected chi connectivity index (χ3v) is 5.49. The number of halogens is 1. The van der Waals surface area contributed by atoms with E-state index in [-0.39, 0.29) is 5.91 Å². The van der Waals surface area contributed by atoms with Crippen LogP contribution in [0.1, 0.15) is 10.4 Å². The summed E-state index contributed by atoms with van der Waals surface area (Å²) in [5, 5.41) is 3.28. The number of nitrogens with one attached hydrogen (secondary N) is 1. The summed E-state index contributed by atoms with van der Waals surface area (Å²) in [5.41, 5.74) is 1.63. The Labute approximate surface area is 184 Å². The second-order valence-corrected chi connectivity index (χ2v) is 7.85. The van der Waals surface area contributed by atoms with Crippen molar-refractivity contribution >= 4 is 44.9 Å². The van der Waals surface area contributed by atoms with Crippen molar-refractivity contribution < 1.29 is 14.3 Å². The third-order valence-electron chi connectivity index (χ3n) is 4.64. The molecule has 0 unspecified atom stereocenters. The van der Waals surface area contributed by atoms with E-state index in [1.165, 1.54) is 5.69 Å². The highest BCUT2D eigenvalue weighted by Crippen LogP contribution is 2.23. The first kappa shape index (κ1) is 21.5. The Balaban J connectivity index is 1.58. The Hall–Kier alpha value is -2.16. The summed E-state index contributed by atoms with van der Waals surface area (Å²) in [7, 11) is 1.61. The number of thiocarbonyl (C=S) groups is 1. The van der Waals surface area contributed by atoms with Gasteiger partial charge in [0.1, 0.15) is 12.4 Å². The molecule has 1 aliphatic rings. The highest BCUT2D eigenvalue weighted by Gasteiger charge is 2.22. The van der Waals surface area contributed by atoms with Gasteiger partial charge in [0.2, 0.25) is 0 Å². The van der Waals surface area contributed by atoms with Crippen LogP contribution in [0.15, 0.2) is 53.0 Å². The number of carbonyl (C=O) groups excluding carboxylic acids is 1. The van der Waals surface area contributed by atoms with Crippen molar-refractivity contribution in [2.75, 3.05) is 51.4 Å². The van der Waals surface area contributed by atoms with Gasteiger partial charge in [-0.3, -0.25) is 10.1 Å². The molecule has 6 nitrogen and oxygen atoms in total. The molecule has 0 aromatic heterocycles. The van der Waals surface area contributed by atoms with Gasteiger partial charge in [-0.1, -0.05) is 34.1 Å². The van der Waals surface area contributed by atoms with Crippen molar-refractivity contribution in [3.63, 3.8) is 0 Å². The maximum atomic E-state index is 12.8. The number of carbonyl (C=O) groups is 1. The average molecular weight is 478 g/mol. The molecule has 1 fully saturated rings. The minimum absolute atomic E-state index is 0.283. The van der Waals surface area contributed by atoms with Gasteiger partial charge >= 0.3 is 0 Å². The molecule has 1 heterocycles. The molecule has 1 saturated heterocycles. The van der Waals surface area contributed by atoms with E-state index in [4.69, 9.17) is 21.7 Å². The van der Waals surface area contributed by atoms with Gasteiger partial charge in [-0.2, -0.15) is 0 Å². The van der Waals surface area contributed by atoms with Gasteiger partial charge in [0.15, 0.2) is 5.11 Å². The highest BCUT2D eigenvalue weighted by atomic mass is 79.9. The number of rotatable bonds is 6. The number of ether oxygens (including phenoxy) is 2. The molecule has 154 valence electrons. The first-order valence-electron chi connectivity index (χ1n) is 9.40. The zero-order valence-electron chi connectivity index (χ0n) is 16.3. The summed E-state index contributed by atoms with van der Waals surface area (Å²) in [4.78, 5) is 17.2. The molecule has 0 radical (unpaired) electrons. The van der Waals surface area contributed by atoms with E-state index in [0.29, 0.717) is 29.6 Å². The van der Waals surface area contributed by atoms with E-state index >= 15 is 0 Å². The quantitative estimate of drug-likeness (QED) is 0.508. The molecule has 3 rings (SSSR count). The first-order chi connectivity index (χ1) is 14.1. The summed E-state index contributed by atoms with van der Waals surface area (Å²) >= 11 is 8.90. The molecule has 2 aromatic carbocycles. The monoisotopic (exact) mass is 477 g/mol. The van der Waals surface area contributed by atoms with E-state index in [9.17, 15) is 4.79 Å². The van der Waals surface area contributed by atoms with Crippen molar-refractivity contribution in [1.29, 1.82) is 0 Å². The molecule has 0 saturated carbocycles. The second kappa shape index (κ2) is 10.6. The molecular weight excluding hydrogens is 454 g/mol. The summed E-state index contributed by atoms with van der Waals surface area (Å²) < 4.78 is 11.5. The minimum atomic E-state index is -0.283. The van der Waals surface area contributed by atoms with Gasteiger partial charge in [-0.05, 0) is 42.5 Å². The van der Waals surface area contributed by atoms with E-state index in [2.05, 4.69) is 38.3 Å². The zero-order valence-corrected chi connectivity index (χ0v) is 18.7. The van der Waals surface area contributed by atoms with Gasteiger partial charge in [-0.25, -0.2) is 0 Å². The van der Waals surface area contributed by atoms with Crippen LogP contribution in [0.4, 0.5) is 5.69 Å². The number of hydrogen-bond acceptors (Lipinski definition) is 5. The Morgan fingerprint density at radius 2 is 1.83 bits per heavy atom. The number of amides is 1. The van der Waals surface area contributed by atoms with Crippen LogP contribution in [-0.2, 0) is 4.74 Å². The van der Waals surface area contributed by atoms with Gasteiger partial charge in [0, 0.05) is 43.4 Å². The normalized spacial score (nSPS) is 13.9. The molecule has 1 aliphatic heterocycles.